The van der Waals surface area contributed by atoms with Crippen LogP contribution in [0.1, 0.15) is 22.2 Å². The quantitative estimate of drug-likeness (QED) is 0.860. The third kappa shape index (κ3) is 2.61. The van der Waals surface area contributed by atoms with Gasteiger partial charge in [0.1, 0.15) is 0 Å². The largest absolute Gasteiger partial charge is 0.323 e. The van der Waals surface area contributed by atoms with Gasteiger partial charge in [0.15, 0.2) is 0 Å². The Hall–Kier alpha value is -1.26. The molecule has 1 atom stereocenters. The molecular formula is C11H13N3S. The molecule has 0 radical (unpaired) electrons. The Bertz CT molecular complexity index is 408. The molecule has 0 fully saturated rings. The van der Waals surface area contributed by atoms with Gasteiger partial charge in [-0.2, -0.15) is 0 Å². The predicted octanol–water partition coefficient (Wildman–Crippen LogP) is 2.09. The topological polar surface area (TPSA) is 51.8 Å². The van der Waals surface area contributed by atoms with Crippen molar-refractivity contribution in [2.45, 2.75) is 19.4 Å². The third-order valence-corrected chi connectivity index (χ3v) is 3.13. The molecule has 0 aliphatic carbocycles. The van der Waals surface area contributed by atoms with E-state index in [1.54, 1.807) is 16.8 Å². The Labute approximate surface area is 93.0 Å². The monoisotopic (exact) mass is 219 g/mol. The Kier molecular flexibility index (Phi) is 3.08. The zero-order valence-corrected chi connectivity index (χ0v) is 9.37. The summed E-state index contributed by atoms with van der Waals surface area (Å²) in [4.78, 5) is 9.46. The molecule has 3 nitrogen and oxygen atoms in total. The Balaban J connectivity index is 2.06. The van der Waals surface area contributed by atoms with Crippen molar-refractivity contribution in [3.8, 4) is 0 Å². The zero-order chi connectivity index (χ0) is 10.7. The number of hydrogen-bond donors (Lipinski definition) is 1. The van der Waals surface area contributed by atoms with Gasteiger partial charge in [-0.3, -0.25) is 9.97 Å². The summed E-state index contributed by atoms with van der Waals surface area (Å²) in [5.41, 5.74) is 10.0. The average Bonchev–Trinajstić information content (AvgIpc) is 2.74. The fraction of sp³-hybridized carbons (Fsp3) is 0.273. The number of rotatable bonds is 3. The highest BCUT2D eigenvalue weighted by Crippen LogP contribution is 2.18. The Morgan fingerprint density at radius 2 is 2.27 bits per heavy atom. The Morgan fingerprint density at radius 1 is 1.40 bits per heavy atom. The first-order valence-electron chi connectivity index (χ1n) is 4.81. The van der Waals surface area contributed by atoms with Crippen LogP contribution in [0, 0.1) is 6.92 Å². The van der Waals surface area contributed by atoms with Gasteiger partial charge in [0.25, 0.3) is 0 Å². The second-order valence-electron chi connectivity index (χ2n) is 3.54. The van der Waals surface area contributed by atoms with Gasteiger partial charge in [0.2, 0.25) is 0 Å². The molecule has 2 N–H and O–H groups in total. The molecule has 1 unspecified atom stereocenters. The van der Waals surface area contributed by atoms with Crippen LogP contribution in [0.2, 0.25) is 0 Å². The van der Waals surface area contributed by atoms with E-state index in [2.05, 4.69) is 16.0 Å². The van der Waals surface area contributed by atoms with E-state index in [1.165, 1.54) is 5.56 Å². The van der Waals surface area contributed by atoms with Crippen LogP contribution in [0.5, 0.6) is 0 Å². The summed E-state index contributed by atoms with van der Waals surface area (Å²) in [5, 5.41) is 0. The van der Waals surface area contributed by atoms with Crippen molar-refractivity contribution in [2.24, 2.45) is 5.73 Å². The highest BCUT2D eigenvalue weighted by molar-refractivity contribution is 7.09. The minimum absolute atomic E-state index is 0.00714. The molecule has 0 aliphatic rings. The van der Waals surface area contributed by atoms with Crippen LogP contribution in [0.25, 0.3) is 0 Å². The molecule has 2 heterocycles. The van der Waals surface area contributed by atoms with Gasteiger partial charge >= 0.3 is 0 Å². The molecule has 0 aliphatic heterocycles. The minimum Gasteiger partial charge on any atom is -0.323 e. The number of aryl methyl sites for hydroxylation is 1. The molecule has 4 heteroatoms. The van der Waals surface area contributed by atoms with E-state index >= 15 is 0 Å². The highest BCUT2D eigenvalue weighted by atomic mass is 32.1. The van der Waals surface area contributed by atoms with E-state index in [9.17, 15) is 0 Å². The smallest absolute Gasteiger partial charge is 0.0794 e. The number of nitrogens with zero attached hydrogens (tertiary/aromatic N) is 2. The van der Waals surface area contributed by atoms with Crippen LogP contribution in [-0.4, -0.2) is 9.97 Å². The van der Waals surface area contributed by atoms with Gasteiger partial charge in [-0.1, -0.05) is 6.07 Å². The lowest BCUT2D eigenvalue weighted by molar-refractivity contribution is 0.718. The number of hydrogen-bond acceptors (Lipinski definition) is 4. The van der Waals surface area contributed by atoms with Crippen molar-refractivity contribution < 1.29 is 0 Å². The summed E-state index contributed by atoms with van der Waals surface area (Å²) in [6.45, 7) is 2.03. The average molecular weight is 219 g/mol. The van der Waals surface area contributed by atoms with Crippen molar-refractivity contribution in [3.63, 3.8) is 0 Å². The second kappa shape index (κ2) is 4.51. The summed E-state index contributed by atoms with van der Waals surface area (Å²) in [7, 11) is 0. The van der Waals surface area contributed by atoms with Gasteiger partial charge in [-0.25, -0.2) is 0 Å². The van der Waals surface area contributed by atoms with E-state index in [1.807, 2.05) is 25.4 Å². The van der Waals surface area contributed by atoms with Gasteiger partial charge in [0, 0.05) is 35.4 Å². The number of nitrogens with two attached hydrogens (primary N) is 1. The number of pyridine rings is 1. The summed E-state index contributed by atoms with van der Waals surface area (Å²) in [5.74, 6) is 0. The standard InChI is InChI=1S/C11H13N3S/c1-8-2-3-9(14-5-8)4-10(12)11-6-13-7-15-11/h2-3,5-7,10H,4,12H2,1H3. The molecule has 2 aromatic heterocycles. The van der Waals surface area contributed by atoms with Gasteiger partial charge in [0.05, 0.1) is 5.51 Å². The van der Waals surface area contributed by atoms with Crippen LogP contribution < -0.4 is 5.73 Å². The van der Waals surface area contributed by atoms with E-state index in [0.29, 0.717) is 0 Å². The maximum Gasteiger partial charge on any atom is 0.0794 e. The summed E-state index contributed by atoms with van der Waals surface area (Å²) < 4.78 is 0. The van der Waals surface area contributed by atoms with Crippen LogP contribution in [0.4, 0.5) is 0 Å². The summed E-state index contributed by atoms with van der Waals surface area (Å²) in [6, 6.07) is 4.09. The molecular weight excluding hydrogens is 206 g/mol. The first-order valence-corrected chi connectivity index (χ1v) is 5.69. The maximum atomic E-state index is 6.04. The van der Waals surface area contributed by atoms with Crippen molar-refractivity contribution in [1.82, 2.24) is 9.97 Å². The molecule has 78 valence electrons. The lowest BCUT2D eigenvalue weighted by Crippen LogP contribution is -2.12. The second-order valence-corrected chi connectivity index (χ2v) is 4.46. The lowest BCUT2D eigenvalue weighted by atomic mass is 10.1. The fourth-order valence-electron chi connectivity index (χ4n) is 1.35. The van der Waals surface area contributed by atoms with Crippen LogP contribution >= 0.6 is 11.3 Å². The van der Waals surface area contributed by atoms with Crippen molar-refractivity contribution in [1.29, 1.82) is 0 Å². The first-order chi connectivity index (χ1) is 7.25. The minimum atomic E-state index is 0.00714. The van der Waals surface area contributed by atoms with E-state index in [0.717, 1.165) is 17.0 Å². The van der Waals surface area contributed by atoms with E-state index < -0.39 is 0 Å². The van der Waals surface area contributed by atoms with Crippen LogP contribution in [-0.2, 0) is 6.42 Å². The lowest BCUT2D eigenvalue weighted by Gasteiger charge is -2.08. The molecule has 15 heavy (non-hydrogen) atoms. The van der Waals surface area contributed by atoms with E-state index in [4.69, 9.17) is 5.73 Å². The van der Waals surface area contributed by atoms with E-state index in [-0.39, 0.29) is 6.04 Å². The number of thiazole rings is 1. The fourth-order valence-corrected chi connectivity index (χ4v) is 1.98. The third-order valence-electron chi connectivity index (χ3n) is 2.22. The molecule has 2 aromatic rings. The Morgan fingerprint density at radius 3 is 2.87 bits per heavy atom. The highest BCUT2D eigenvalue weighted by Gasteiger charge is 2.08. The van der Waals surface area contributed by atoms with Crippen molar-refractivity contribution in [3.05, 3.63) is 46.2 Å². The molecule has 0 spiro atoms. The summed E-state index contributed by atoms with van der Waals surface area (Å²) in [6.07, 6.45) is 4.46. The molecule has 0 saturated heterocycles. The molecule has 2 rings (SSSR count). The number of aromatic nitrogens is 2. The molecule has 0 bridgehead atoms. The van der Waals surface area contributed by atoms with Crippen molar-refractivity contribution >= 4 is 11.3 Å². The van der Waals surface area contributed by atoms with Crippen molar-refractivity contribution in [2.75, 3.05) is 0 Å². The van der Waals surface area contributed by atoms with Gasteiger partial charge in [-0.15, -0.1) is 11.3 Å². The van der Waals surface area contributed by atoms with Gasteiger partial charge < -0.3 is 5.73 Å². The molecule has 0 amide bonds. The zero-order valence-electron chi connectivity index (χ0n) is 8.55. The van der Waals surface area contributed by atoms with Crippen LogP contribution in [0.3, 0.4) is 0 Å². The van der Waals surface area contributed by atoms with Crippen LogP contribution in [0.15, 0.2) is 30.0 Å². The maximum absolute atomic E-state index is 6.04. The first kappa shape index (κ1) is 10.3. The predicted molar refractivity (Wildman–Crippen MR) is 61.7 cm³/mol. The molecule has 0 saturated carbocycles. The molecule has 0 aromatic carbocycles. The van der Waals surface area contributed by atoms with Gasteiger partial charge in [-0.05, 0) is 18.6 Å². The normalized spacial score (nSPS) is 12.7. The summed E-state index contributed by atoms with van der Waals surface area (Å²) >= 11 is 1.59. The SMILES string of the molecule is Cc1ccc(CC(N)c2cncs2)nc1.